The molecule has 0 atom stereocenters. The number of carboxylic acids is 1. The second-order valence-electron chi connectivity index (χ2n) is 4.39. The number of aromatic amines is 1. The van der Waals surface area contributed by atoms with Gasteiger partial charge in [-0.25, -0.2) is 0 Å². The Bertz CT molecular complexity index is 618. The predicted molar refractivity (Wildman–Crippen MR) is 73.7 cm³/mol. The summed E-state index contributed by atoms with van der Waals surface area (Å²) >= 11 is 6.10. The third-order valence-corrected chi connectivity index (χ3v) is 3.31. The first-order valence-corrected chi connectivity index (χ1v) is 6.48. The summed E-state index contributed by atoms with van der Waals surface area (Å²) in [6, 6.07) is 5.43. The molecule has 0 saturated heterocycles. The minimum Gasteiger partial charge on any atom is -0.481 e. The van der Waals surface area contributed by atoms with Gasteiger partial charge in [-0.15, -0.1) is 0 Å². The van der Waals surface area contributed by atoms with E-state index in [1.54, 1.807) is 12.3 Å². The van der Waals surface area contributed by atoms with E-state index in [9.17, 15) is 9.59 Å². The molecule has 1 aromatic heterocycles. The fourth-order valence-electron chi connectivity index (χ4n) is 2.06. The van der Waals surface area contributed by atoms with Crippen LogP contribution in [0.2, 0.25) is 5.02 Å². The normalized spacial score (nSPS) is 10.8. The molecule has 19 heavy (non-hydrogen) atoms. The maximum Gasteiger partial charge on any atom is 0.303 e. The molecule has 0 radical (unpaired) electrons. The fraction of sp³-hybridized carbons (Fsp3) is 0.286. The predicted octanol–water partition coefficient (Wildman–Crippen LogP) is 3.65. The molecular formula is C14H14ClNO3. The number of unbranched alkanes of at least 4 members (excludes halogenated alkanes) is 1. The number of carboxylic acid groups (broad SMARTS) is 1. The Morgan fingerprint density at radius 2 is 1.95 bits per heavy atom. The zero-order valence-corrected chi connectivity index (χ0v) is 11.0. The van der Waals surface area contributed by atoms with Gasteiger partial charge in [-0.1, -0.05) is 17.7 Å². The number of aliphatic carboxylic acids is 1. The van der Waals surface area contributed by atoms with Gasteiger partial charge in [-0.05, 0) is 25.0 Å². The van der Waals surface area contributed by atoms with E-state index in [1.807, 2.05) is 12.1 Å². The molecule has 0 aliphatic rings. The number of hydrogen-bond donors (Lipinski definition) is 2. The molecule has 0 amide bonds. The van der Waals surface area contributed by atoms with Crippen molar-refractivity contribution in [2.45, 2.75) is 25.7 Å². The van der Waals surface area contributed by atoms with Crippen molar-refractivity contribution in [1.82, 2.24) is 4.98 Å². The van der Waals surface area contributed by atoms with Gasteiger partial charge in [0.2, 0.25) is 0 Å². The molecule has 0 aliphatic heterocycles. The Kier molecular flexibility index (Phi) is 4.22. The number of halogens is 1. The second kappa shape index (κ2) is 5.89. The number of Topliss-reactive ketones (excluding diaryl/α,β-unsaturated/α-hetero) is 1. The number of hydrogen-bond acceptors (Lipinski definition) is 2. The van der Waals surface area contributed by atoms with Crippen LogP contribution in [0.25, 0.3) is 10.9 Å². The third kappa shape index (κ3) is 3.15. The lowest BCUT2D eigenvalue weighted by Crippen LogP contribution is -2.00. The van der Waals surface area contributed by atoms with Crippen LogP contribution in [0.5, 0.6) is 0 Å². The summed E-state index contributed by atoms with van der Waals surface area (Å²) in [7, 11) is 0. The van der Waals surface area contributed by atoms with Gasteiger partial charge >= 0.3 is 5.97 Å². The summed E-state index contributed by atoms with van der Waals surface area (Å²) in [5.41, 5.74) is 1.41. The van der Waals surface area contributed by atoms with Gasteiger partial charge in [-0.2, -0.15) is 0 Å². The van der Waals surface area contributed by atoms with Crippen LogP contribution < -0.4 is 0 Å². The third-order valence-electron chi connectivity index (χ3n) is 3.00. The summed E-state index contributed by atoms with van der Waals surface area (Å²) in [5.74, 6) is -0.840. The van der Waals surface area contributed by atoms with Crippen LogP contribution in [-0.2, 0) is 4.79 Å². The summed E-state index contributed by atoms with van der Waals surface area (Å²) in [4.78, 5) is 25.5. The van der Waals surface area contributed by atoms with Crippen LogP contribution in [0.15, 0.2) is 24.4 Å². The van der Waals surface area contributed by atoms with E-state index in [0.717, 1.165) is 10.9 Å². The first-order chi connectivity index (χ1) is 9.09. The van der Waals surface area contributed by atoms with Crippen LogP contribution in [0.3, 0.4) is 0 Å². The average Bonchev–Trinajstić information content (AvgIpc) is 2.79. The summed E-state index contributed by atoms with van der Waals surface area (Å²) in [6.07, 6.45) is 3.18. The Labute approximate surface area is 115 Å². The first kappa shape index (κ1) is 13.6. The van der Waals surface area contributed by atoms with Crippen LogP contribution >= 0.6 is 11.6 Å². The quantitative estimate of drug-likeness (QED) is 0.626. The van der Waals surface area contributed by atoms with Gasteiger partial charge < -0.3 is 10.1 Å². The maximum absolute atomic E-state index is 12.1. The number of ketones is 1. The van der Waals surface area contributed by atoms with Crippen molar-refractivity contribution in [3.8, 4) is 0 Å². The van der Waals surface area contributed by atoms with E-state index < -0.39 is 5.97 Å². The number of carbonyl (C=O) groups is 2. The molecule has 4 nitrogen and oxygen atoms in total. The van der Waals surface area contributed by atoms with Crippen LogP contribution in [-0.4, -0.2) is 21.8 Å². The Morgan fingerprint density at radius 1 is 1.21 bits per heavy atom. The van der Waals surface area contributed by atoms with E-state index in [4.69, 9.17) is 16.7 Å². The van der Waals surface area contributed by atoms with Crippen molar-refractivity contribution in [2.75, 3.05) is 0 Å². The second-order valence-corrected chi connectivity index (χ2v) is 4.80. The lowest BCUT2D eigenvalue weighted by atomic mass is 10.0. The molecule has 2 rings (SSSR count). The lowest BCUT2D eigenvalue weighted by molar-refractivity contribution is -0.137. The highest BCUT2D eigenvalue weighted by Crippen LogP contribution is 2.27. The monoisotopic (exact) mass is 279 g/mol. The number of nitrogens with one attached hydrogen (secondary N) is 1. The van der Waals surface area contributed by atoms with E-state index in [2.05, 4.69) is 4.98 Å². The molecule has 0 fully saturated rings. The van der Waals surface area contributed by atoms with Crippen molar-refractivity contribution in [3.05, 3.63) is 35.0 Å². The van der Waals surface area contributed by atoms with Crippen LogP contribution in [0.1, 0.15) is 36.0 Å². The molecule has 0 aliphatic carbocycles. The zero-order chi connectivity index (χ0) is 13.8. The van der Waals surface area contributed by atoms with E-state index in [1.165, 1.54) is 0 Å². The van der Waals surface area contributed by atoms with Gasteiger partial charge in [0.15, 0.2) is 5.78 Å². The van der Waals surface area contributed by atoms with E-state index in [-0.39, 0.29) is 12.2 Å². The van der Waals surface area contributed by atoms with Gasteiger partial charge in [-0.3, -0.25) is 9.59 Å². The average molecular weight is 280 g/mol. The lowest BCUT2D eigenvalue weighted by Gasteiger charge is -2.00. The SMILES string of the molecule is O=C(O)CCCCC(=O)c1c[nH]c2cccc(Cl)c12. The molecule has 100 valence electrons. The molecule has 2 N–H and O–H groups in total. The molecule has 0 bridgehead atoms. The topological polar surface area (TPSA) is 70.2 Å². The van der Waals surface area contributed by atoms with Gasteiger partial charge in [0.1, 0.15) is 0 Å². The van der Waals surface area contributed by atoms with Gasteiger partial charge in [0.05, 0.1) is 5.02 Å². The van der Waals surface area contributed by atoms with Crippen molar-refractivity contribution in [3.63, 3.8) is 0 Å². The number of rotatable bonds is 6. The molecule has 5 heteroatoms. The van der Waals surface area contributed by atoms with Crippen LogP contribution in [0.4, 0.5) is 0 Å². The van der Waals surface area contributed by atoms with E-state index >= 15 is 0 Å². The van der Waals surface area contributed by atoms with Gasteiger partial charge in [0, 0.05) is 35.5 Å². The molecule has 2 aromatic rings. The van der Waals surface area contributed by atoms with Crippen LogP contribution in [0, 0.1) is 0 Å². The zero-order valence-electron chi connectivity index (χ0n) is 10.3. The first-order valence-electron chi connectivity index (χ1n) is 6.10. The highest BCUT2D eigenvalue weighted by Gasteiger charge is 2.14. The summed E-state index contributed by atoms with van der Waals surface area (Å²) in [6.45, 7) is 0. The van der Waals surface area contributed by atoms with Crippen molar-refractivity contribution >= 4 is 34.3 Å². The fourth-order valence-corrected chi connectivity index (χ4v) is 2.33. The highest BCUT2D eigenvalue weighted by atomic mass is 35.5. The van der Waals surface area contributed by atoms with Gasteiger partial charge in [0.25, 0.3) is 0 Å². The molecule has 0 saturated carbocycles. The Balaban J connectivity index is 2.07. The molecule has 0 unspecified atom stereocenters. The smallest absolute Gasteiger partial charge is 0.303 e. The number of benzene rings is 1. The minimum atomic E-state index is -0.831. The van der Waals surface area contributed by atoms with Crippen molar-refractivity contribution < 1.29 is 14.7 Å². The Hall–Kier alpha value is -1.81. The number of aromatic nitrogens is 1. The largest absolute Gasteiger partial charge is 0.481 e. The summed E-state index contributed by atoms with van der Waals surface area (Å²) < 4.78 is 0. The van der Waals surface area contributed by atoms with E-state index in [0.29, 0.717) is 29.8 Å². The Morgan fingerprint density at radius 3 is 2.68 bits per heavy atom. The summed E-state index contributed by atoms with van der Waals surface area (Å²) in [5, 5.41) is 9.82. The maximum atomic E-state index is 12.1. The number of fused-ring (bicyclic) bond motifs is 1. The minimum absolute atomic E-state index is 0.00950. The molecule has 1 heterocycles. The highest BCUT2D eigenvalue weighted by molar-refractivity contribution is 6.36. The van der Waals surface area contributed by atoms with Crippen molar-refractivity contribution in [1.29, 1.82) is 0 Å². The number of carbonyl (C=O) groups excluding carboxylic acids is 1. The standard InChI is InChI=1S/C14H14ClNO3/c15-10-4-3-5-11-14(10)9(8-16-11)12(17)6-1-2-7-13(18)19/h3-5,8,16H,1-2,6-7H2,(H,18,19). The number of H-pyrrole nitrogens is 1. The molecule has 1 aromatic carbocycles. The molecular weight excluding hydrogens is 266 g/mol. The van der Waals surface area contributed by atoms with Crippen molar-refractivity contribution in [2.24, 2.45) is 0 Å². The molecule has 0 spiro atoms.